The number of urea groups is 1. The number of thiazole rings is 1. The van der Waals surface area contributed by atoms with E-state index in [0.29, 0.717) is 89.4 Å². The van der Waals surface area contributed by atoms with Gasteiger partial charge in [-0.25, -0.2) is 33.2 Å². The Bertz CT molecular complexity index is 6960. The first-order valence-corrected chi connectivity index (χ1v) is 45.2. The van der Waals surface area contributed by atoms with E-state index in [9.17, 15) is 48.9 Å². The van der Waals surface area contributed by atoms with Gasteiger partial charge in [-0.3, -0.25) is 19.3 Å². The Hall–Kier alpha value is -13.9. The second kappa shape index (κ2) is 51.5. The number of hydrogen-bond donors (Lipinski definition) is 16. The van der Waals surface area contributed by atoms with Crippen LogP contribution in [0.25, 0.3) is 33.0 Å². The number of carbonyl (C=O) groups excluding carboxylic acids is 3. The molecule has 6 heterocycles. The number of carbonyl (C=O) groups is 7. The molecule has 4 unspecified atom stereocenters. The zero-order chi connectivity index (χ0) is 97.9. The number of aliphatic carboxylic acids is 5. The summed E-state index contributed by atoms with van der Waals surface area (Å²) in [6.07, 6.45) is 3.12. The van der Waals surface area contributed by atoms with Crippen LogP contribution in [-0.2, 0) is 49.4 Å². The number of aromatic nitrogens is 16. The van der Waals surface area contributed by atoms with E-state index >= 15 is 0 Å². The van der Waals surface area contributed by atoms with Gasteiger partial charge in [0.05, 0.1) is 27.3 Å². The molecule has 1 aliphatic rings. The second-order valence-corrected chi connectivity index (χ2v) is 34.3. The number of nitrogens with zero attached hydrogens (tertiary/aromatic N) is 15. The van der Waals surface area contributed by atoms with Crippen LogP contribution in [0.15, 0.2) is 242 Å². The fraction of sp³-hybridized carbons (Fsp3) is 0.187. The van der Waals surface area contributed by atoms with Gasteiger partial charge in [-0.1, -0.05) is 99.5 Å². The monoisotopic (exact) mass is 2020 g/mol. The first-order chi connectivity index (χ1) is 65.8. The number of anilines is 11. The van der Waals surface area contributed by atoms with Crippen molar-refractivity contribution in [2.45, 2.75) is 82.7 Å². The maximum Gasteiger partial charge on any atom is 1.00 e. The Kier molecular flexibility index (Phi) is 39.7. The number of tetrazole rings is 3. The molecule has 0 bridgehead atoms. The zero-order valence-corrected chi connectivity index (χ0v) is 85.6. The molecule has 1 aliphatic heterocycles. The first-order valence-electron chi connectivity index (χ1n) is 41.9. The first kappa shape index (κ1) is 107. The van der Waals surface area contributed by atoms with Crippen LogP contribution in [0.1, 0.15) is 59.3 Å². The van der Waals surface area contributed by atoms with Gasteiger partial charge in [0.25, 0.3) is 5.91 Å². The summed E-state index contributed by atoms with van der Waals surface area (Å²) >= 11 is 32.3. The van der Waals surface area contributed by atoms with Crippen LogP contribution in [0.3, 0.4) is 0 Å². The second-order valence-electron chi connectivity index (χ2n) is 30.7. The van der Waals surface area contributed by atoms with Crippen molar-refractivity contribution in [3.63, 3.8) is 0 Å². The number of rotatable bonds is 31. The molecular weight excluding hydrogens is 1930 g/mol. The molecular formula is C91H91N27Na2O12S7. The molecule has 706 valence electrons. The predicted molar refractivity (Wildman–Crippen MR) is 538 cm³/mol. The molecule has 10 aromatic carbocycles. The number of aryl methyl sites for hydroxylation is 2. The molecule has 39 nitrogen and oxygen atoms in total. The van der Waals surface area contributed by atoms with Crippen LogP contribution in [-0.4, -0.2) is 210 Å². The van der Waals surface area contributed by atoms with Gasteiger partial charge in [-0.2, -0.15) is 15.5 Å². The summed E-state index contributed by atoms with van der Waals surface area (Å²) in [5.74, 6) is -5.01. The number of thiocarbonyl (C=S) groups is 1. The van der Waals surface area contributed by atoms with Crippen LogP contribution in [0, 0.1) is 32.1 Å². The fourth-order valence-electron chi connectivity index (χ4n) is 13.9. The van der Waals surface area contributed by atoms with Crippen molar-refractivity contribution in [2.75, 3.05) is 86.1 Å². The van der Waals surface area contributed by atoms with Crippen LogP contribution in [0.4, 0.5) is 67.4 Å². The van der Waals surface area contributed by atoms with Crippen LogP contribution < -0.4 is 117 Å². The number of hydrogen-bond acceptors (Lipinski definition) is 29. The quantitative estimate of drug-likeness (QED) is 0.00839. The summed E-state index contributed by atoms with van der Waals surface area (Å²) in [5.41, 5.74) is 16.4. The zero-order valence-electron chi connectivity index (χ0n) is 75.9. The summed E-state index contributed by atoms with van der Waals surface area (Å²) in [6, 6.07) is 66.4. The van der Waals surface area contributed by atoms with E-state index in [1.54, 1.807) is 132 Å². The minimum absolute atomic E-state index is 0. The maximum atomic E-state index is 12.5. The van der Waals surface area contributed by atoms with E-state index in [-0.39, 0.29) is 81.0 Å². The predicted octanol–water partition coefficient (Wildman–Crippen LogP) is 8.36. The average molecular weight is 2030 g/mol. The molecule has 16 N–H and O–H groups in total. The number of amides is 3. The number of carboxylic acid groups (broad SMARTS) is 5. The third kappa shape index (κ3) is 30.6. The number of benzene rings is 10. The van der Waals surface area contributed by atoms with Gasteiger partial charge in [0, 0.05) is 138 Å². The number of para-hydroxylation sites is 1. The van der Waals surface area contributed by atoms with Crippen LogP contribution in [0.2, 0.25) is 0 Å². The molecule has 0 radical (unpaired) electrons. The third-order valence-electron chi connectivity index (χ3n) is 20.6. The van der Waals surface area contributed by atoms with Crippen molar-refractivity contribution in [1.82, 2.24) is 85.3 Å². The van der Waals surface area contributed by atoms with E-state index in [0.717, 1.165) is 91.8 Å². The van der Waals surface area contributed by atoms with Crippen molar-refractivity contribution >= 4 is 205 Å². The fourth-order valence-corrected chi connectivity index (χ4v) is 16.0. The van der Waals surface area contributed by atoms with Crippen LogP contribution in [0.5, 0.6) is 0 Å². The SMILES string of the molecule is CC(C(=O)O)N(c1cccc(-n2[nH]nnc2=S)c1)c1cccc(-n2[nH]nnc2=S)c1.CC(Nc1cccc(NC(=S)N(C)C)c1)C(=O)O.Cc1cccc(C)c1N(CCCNc1cccc(-n2nnnc2[S-])c1)CCC(=O)[O-].O=C(Nc1ccc2c(c1)CC(C(=O)O)N2)c1ccc(-n2cn[nH]c2=S)cc1.O=C(Nc1cccc(NC(Cc2ccccc2)C(=O)O)c1)Nc1ccc2[nH]c(=S)sc2c1.[Na+].[Na+]. The summed E-state index contributed by atoms with van der Waals surface area (Å²) in [7, 11) is 3.70. The molecule has 0 spiro atoms. The van der Waals surface area contributed by atoms with Crippen molar-refractivity contribution in [3.05, 3.63) is 283 Å². The van der Waals surface area contributed by atoms with Crippen molar-refractivity contribution in [3.8, 4) is 22.7 Å². The van der Waals surface area contributed by atoms with Gasteiger partial charge in [0.2, 0.25) is 9.54 Å². The Labute approximate surface area is 874 Å². The number of H-pyrrole nitrogens is 4. The minimum Gasteiger partial charge on any atom is -0.738 e. The summed E-state index contributed by atoms with van der Waals surface area (Å²) in [4.78, 5) is 90.1. The normalized spacial score (nSPS) is 12.0. The van der Waals surface area contributed by atoms with Gasteiger partial charge in [-0.15, -0.1) is 16.4 Å². The largest absolute Gasteiger partial charge is 1.00 e. The molecule has 139 heavy (non-hydrogen) atoms. The molecule has 0 saturated heterocycles. The Morgan fingerprint density at radius 2 is 1.17 bits per heavy atom. The van der Waals surface area contributed by atoms with Gasteiger partial charge in [0.1, 0.15) is 30.5 Å². The molecule has 48 heteroatoms. The Morgan fingerprint density at radius 1 is 0.597 bits per heavy atom. The van der Waals surface area contributed by atoms with E-state index in [2.05, 4.69) is 109 Å². The molecule has 3 amide bonds. The summed E-state index contributed by atoms with van der Waals surface area (Å²) < 4.78 is 8.87. The Morgan fingerprint density at radius 3 is 1.74 bits per heavy atom. The van der Waals surface area contributed by atoms with Gasteiger partial charge in [0.15, 0.2) is 13.8 Å². The average Bonchev–Trinajstić information content (AvgIpc) is 1.67. The standard InChI is InChI=1S/C23H20N4O3S2.C21H26N6O2S.C18H15N5O3S.C17H15N9O2S2.C12H17N3O2S.2Na/c28-21(29)19(11-14-5-2-1-3-6-14)24-15-7-4-8-16(12-15)25-22(30)26-17-9-10-18-20(13-17)32-23(31)27-18;1-15-6-3-7-16(2)20(15)26(13-10-19(28)29)12-5-11-22-17-8-4-9-18(14-17)27-21(30)23-24-25-27;24-16(10-1-4-13(5-2-10)23-9-19-22-18(23)27)20-12-3-6-14-11(7-12)8-15(21-14)17(25)26;1-10(15(27)28)24(11-4-2-6-13(8-11)25-16(29)18-20-22-25)12-5-3-7-14(9-12)26-17(30)19-21-23-26;1-8(11(16)17)13-9-5-4-6-10(7-9)14-12(18)15(2)3;;/h1-10,12-13,19,24H,11H2,(H,27,31)(H,28,29)(H2,25,26,30);3-4,6-9,14,22H,5,10-13H2,1-2H3,(H,28,29)(H,23,25,30);1-7,9,15,21H,8H2,(H,20,24)(H,22,27)(H,25,26);2-10H,1H3,(H,27,28)(H,18,22,29)(H,19,23,30);4-8,13H,1-3H3,(H,14,18)(H,16,17);;/q;;;;;2*+1/p-2. The molecule has 4 atom stereocenters. The summed E-state index contributed by atoms with van der Waals surface area (Å²) in [5, 5.41) is 111. The van der Waals surface area contributed by atoms with Crippen molar-refractivity contribution in [1.29, 1.82) is 0 Å². The topological polar surface area (TPSA) is 515 Å². The molecule has 16 rings (SSSR count). The van der Waals surface area contributed by atoms with E-state index in [4.69, 9.17) is 83.9 Å². The number of carboxylic acids is 5. The number of nitrogens with one attached hydrogen (secondary N) is 12. The van der Waals surface area contributed by atoms with Crippen molar-refractivity contribution < 1.29 is 118 Å². The van der Waals surface area contributed by atoms with E-state index in [1.165, 1.54) is 25.4 Å². The van der Waals surface area contributed by atoms with Gasteiger partial charge >= 0.3 is 89.0 Å². The Balaban J connectivity index is 0.000000180. The smallest absolute Gasteiger partial charge is 0.738 e. The molecule has 0 fully saturated rings. The molecule has 5 aromatic heterocycles. The molecule has 0 saturated carbocycles. The van der Waals surface area contributed by atoms with E-state index in [1.807, 2.05) is 161 Å². The minimum atomic E-state index is -1.04. The van der Waals surface area contributed by atoms with Gasteiger partial charge < -0.3 is 105 Å². The van der Waals surface area contributed by atoms with Crippen molar-refractivity contribution in [2.24, 2.45) is 0 Å². The summed E-state index contributed by atoms with van der Waals surface area (Å²) in [6.45, 7) is 9.17. The van der Waals surface area contributed by atoms with Gasteiger partial charge in [-0.05, 0) is 280 Å². The van der Waals surface area contributed by atoms with Crippen LogP contribution >= 0.6 is 72.4 Å². The molecule has 15 aromatic rings. The van der Waals surface area contributed by atoms with E-state index < -0.39 is 60.0 Å². The molecule has 0 aliphatic carbocycles. The number of aromatic amines is 4. The third-order valence-corrected chi connectivity index (χ3v) is 23.3. The number of fused-ring (bicyclic) bond motifs is 2. The maximum absolute atomic E-state index is 12.5.